The van der Waals surface area contributed by atoms with Gasteiger partial charge in [0.05, 0.1) is 11.7 Å². The molecule has 0 aromatic heterocycles. The normalized spacial score (nSPS) is 9.73. The van der Waals surface area contributed by atoms with Gasteiger partial charge in [0.15, 0.2) is 0 Å². The number of alkyl halides is 1. The predicted molar refractivity (Wildman–Crippen MR) is 55.1 cm³/mol. The van der Waals surface area contributed by atoms with Gasteiger partial charge in [-0.15, -0.1) is 11.6 Å². The molecule has 0 heterocycles. The zero-order valence-electron chi connectivity index (χ0n) is 7.42. The van der Waals surface area contributed by atoms with Crippen LogP contribution in [0.4, 0.5) is 5.69 Å². The van der Waals surface area contributed by atoms with Crippen molar-refractivity contribution in [2.24, 2.45) is 0 Å². The van der Waals surface area contributed by atoms with Crippen LogP contribution in [0.5, 0.6) is 0 Å². The topological polar surface area (TPSA) is 69.2 Å². The molecule has 0 saturated heterocycles. The first-order valence-corrected chi connectivity index (χ1v) is 4.82. The number of hydrogen-bond acceptors (Lipinski definition) is 3. The molecule has 4 nitrogen and oxygen atoms in total. The minimum absolute atomic E-state index is 0.0770. The number of rotatable bonds is 3. The molecule has 1 amide bonds. The number of carboxylic acid groups (broad SMARTS) is 1. The van der Waals surface area contributed by atoms with Crippen LogP contribution in [-0.2, 0) is 4.79 Å². The highest BCUT2D eigenvalue weighted by Gasteiger charge is 2.07. The van der Waals surface area contributed by atoms with Gasteiger partial charge in [0.25, 0.3) is 0 Å². The Hall–Kier alpha value is -1.26. The summed E-state index contributed by atoms with van der Waals surface area (Å²) in [7, 11) is 0. The number of anilines is 1. The summed E-state index contributed by atoms with van der Waals surface area (Å²) in [6, 6.07) is 3.96. The lowest BCUT2D eigenvalue weighted by Crippen LogP contribution is -2.25. The lowest BCUT2D eigenvalue weighted by Gasteiger charge is -2.11. The van der Waals surface area contributed by atoms with Crippen LogP contribution < -0.4 is 10.4 Å². The highest BCUT2D eigenvalue weighted by molar-refractivity contribution is 6.31. The van der Waals surface area contributed by atoms with E-state index in [4.69, 9.17) is 23.2 Å². The molecule has 0 radical (unpaired) electrons. The van der Waals surface area contributed by atoms with Gasteiger partial charge in [-0.25, -0.2) is 0 Å². The average Bonchev–Trinajstić information content (AvgIpc) is 2.17. The van der Waals surface area contributed by atoms with Crippen LogP contribution in [0.1, 0.15) is 10.4 Å². The van der Waals surface area contributed by atoms with Gasteiger partial charge in [-0.1, -0.05) is 11.6 Å². The molecule has 80 valence electrons. The maximum absolute atomic E-state index is 11.0. The van der Waals surface area contributed by atoms with E-state index in [9.17, 15) is 14.7 Å². The summed E-state index contributed by atoms with van der Waals surface area (Å²) in [6.07, 6.45) is 0. The Morgan fingerprint density at radius 3 is 2.60 bits per heavy atom. The first-order chi connectivity index (χ1) is 7.04. The number of carboxylic acids is 1. The molecule has 0 bridgehead atoms. The molecule has 6 heteroatoms. The van der Waals surface area contributed by atoms with Crippen LogP contribution in [0.3, 0.4) is 0 Å². The van der Waals surface area contributed by atoms with Crippen molar-refractivity contribution in [1.29, 1.82) is 0 Å². The Labute approximate surface area is 95.8 Å². The van der Waals surface area contributed by atoms with E-state index in [0.717, 1.165) is 0 Å². The zero-order valence-corrected chi connectivity index (χ0v) is 8.93. The van der Waals surface area contributed by atoms with Crippen molar-refractivity contribution >= 4 is 40.8 Å². The van der Waals surface area contributed by atoms with Gasteiger partial charge in [0, 0.05) is 10.6 Å². The molecule has 0 atom stereocenters. The van der Waals surface area contributed by atoms with E-state index in [1.54, 1.807) is 0 Å². The third-order valence-corrected chi connectivity index (χ3v) is 2.07. The van der Waals surface area contributed by atoms with E-state index in [1.165, 1.54) is 18.2 Å². The molecule has 1 N–H and O–H groups in total. The van der Waals surface area contributed by atoms with Crippen molar-refractivity contribution in [1.82, 2.24) is 0 Å². The molecule has 0 spiro atoms. The van der Waals surface area contributed by atoms with Gasteiger partial charge in [0.1, 0.15) is 5.88 Å². The molecular weight excluding hydrogens is 241 g/mol. The highest BCUT2D eigenvalue weighted by atomic mass is 35.5. The lowest BCUT2D eigenvalue weighted by atomic mass is 10.2. The quantitative estimate of drug-likeness (QED) is 0.806. The smallest absolute Gasteiger partial charge is 0.239 e. The van der Waals surface area contributed by atoms with Crippen LogP contribution in [0, 0.1) is 0 Å². The summed E-state index contributed by atoms with van der Waals surface area (Å²) < 4.78 is 0. The van der Waals surface area contributed by atoms with Gasteiger partial charge >= 0.3 is 0 Å². The molecule has 0 aliphatic carbocycles. The molecule has 1 rings (SSSR count). The summed E-state index contributed by atoms with van der Waals surface area (Å²) in [5.41, 5.74) is -0.0639. The Morgan fingerprint density at radius 1 is 1.40 bits per heavy atom. The van der Waals surface area contributed by atoms with Crippen LogP contribution in [0.15, 0.2) is 18.2 Å². The predicted octanol–water partition coefficient (Wildman–Crippen LogP) is 0.881. The third-order valence-electron chi connectivity index (χ3n) is 1.60. The Kier molecular flexibility index (Phi) is 3.94. The third kappa shape index (κ3) is 3.11. The second-order valence-electron chi connectivity index (χ2n) is 2.66. The van der Waals surface area contributed by atoms with Gasteiger partial charge in [-0.3, -0.25) is 4.79 Å². The number of halogens is 2. The fourth-order valence-corrected chi connectivity index (χ4v) is 1.22. The SMILES string of the molecule is O=C(CCl)Nc1cc(Cl)ccc1C(=O)[O-]. The van der Waals surface area contributed by atoms with Crippen LogP contribution in [0.25, 0.3) is 0 Å². The number of amides is 1. The van der Waals surface area contributed by atoms with Gasteiger partial charge in [0.2, 0.25) is 5.91 Å². The van der Waals surface area contributed by atoms with Crippen LogP contribution in [-0.4, -0.2) is 17.8 Å². The highest BCUT2D eigenvalue weighted by Crippen LogP contribution is 2.20. The number of benzene rings is 1. The monoisotopic (exact) mass is 246 g/mol. The number of nitrogens with one attached hydrogen (secondary N) is 1. The number of carbonyl (C=O) groups is 2. The van der Waals surface area contributed by atoms with E-state index in [0.29, 0.717) is 5.02 Å². The van der Waals surface area contributed by atoms with Crippen LogP contribution >= 0.6 is 23.2 Å². The standard InChI is InChI=1S/C9H7Cl2NO3/c10-4-8(13)12-7-3-5(11)1-2-6(7)9(14)15/h1-3H,4H2,(H,12,13)(H,14,15)/p-1. The van der Waals surface area contributed by atoms with Crippen molar-refractivity contribution < 1.29 is 14.7 Å². The van der Waals surface area contributed by atoms with Crippen molar-refractivity contribution in [3.8, 4) is 0 Å². The van der Waals surface area contributed by atoms with Crippen molar-refractivity contribution in [3.63, 3.8) is 0 Å². The fraction of sp³-hybridized carbons (Fsp3) is 0.111. The molecule has 0 unspecified atom stereocenters. The van der Waals surface area contributed by atoms with E-state index in [1.807, 2.05) is 0 Å². The summed E-state index contributed by atoms with van der Waals surface area (Å²) in [4.78, 5) is 21.6. The van der Waals surface area contributed by atoms with Crippen molar-refractivity contribution in [2.75, 3.05) is 11.2 Å². The minimum Gasteiger partial charge on any atom is -0.545 e. The van der Waals surface area contributed by atoms with Gasteiger partial charge in [-0.2, -0.15) is 0 Å². The maximum atomic E-state index is 11.0. The average molecular weight is 247 g/mol. The Bertz CT molecular complexity index is 406. The number of aromatic carboxylic acids is 1. The first-order valence-electron chi connectivity index (χ1n) is 3.91. The number of hydrogen-bond donors (Lipinski definition) is 1. The maximum Gasteiger partial charge on any atom is 0.239 e. The molecule has 15 heavy (non-hydrogen) atoms. The molecule has 0 fully saturated rings. The lowest BCUT2D eigenvalue weighted by molar-refractivity contribution is -0.254. The summed E-state index contributed by atoms with van der Waals surface area (Å²) in [6.45, 7) is 0. The molecule has 0 aliphatic rings. The Balaban J connectivity index is 3.07. The number of carbonyl (C=O) groups excluding carboxylic acids is 2. The summed E-state index contributed by atoms with van der Waals surface area (Å²) >= 11 is 10.9. The van der Waals surface area contributed by atoms with Gasteiger partial charge in [-0.05, 0) is 18.2 Å². The largest absolute Gasteiger partial charge is 0.545 e. The minimum atomic E-state index is -1.39. The molecule has 1 aromatic rings. The van der Waals surface area contributed by atoms with E-state index >= 15 is 0 Å². The van der Waals surface area contributed by atoms with E-state index in [2.05, 4.69) is 5.32 Å². The van der Waals surface area contributed by atoms with Crippen LogP contribution in [0.2, 0.25) is 5.02 Å². The molecule has 0 aliphatic heterocycles. The van der Waals surface area contributed by atoms with E-state index in [-0.39, 0.29) is 17.1 Å². The molecule has 0 saturated carbocycles. The second kappa shape index (κ2) is 5.00. The summed E-state index contributed by atoms with van der Waals surface area (Å²) in [5.74, 6) is -2.17. The summed E-state index contributed by atoms with van der Waals surface area (Å²) in [5, 5.41) is 13.3. The van der Waals surface area contributed by atoms with E-state index < -0.39 is 11.9 Å². The molecular formula is C9H6Cl2NO3-. The zero-order chi connectivity index (χ0) is 11.4. The van der Waals surface area contributed by atoms with Crippen molar-refractivity contribution in [2.45, 2.75) is 0 Å². The Morgan fingerprint density at radius 2 is 2.07 bits per heavy atom. The fourth-order valence-electron chi connectivity index (χ4n) is 0.982. The van der Waals surface area contributed by atoms with Gasteiger partial charge < -0.3 is 15.2 Å². The van der Waals surface area contributed by atoms with Crippen molar-refractivity contribution in [3.05, 3.63) is 28.8 Å². The second-order valence-corrected chi connectivity index (χ2v) is 3.36. The molecule has 1 aromatic carbocycles. The first kappa shape index (κ1) is 11.8.